The van der Waals surface area contributed by atoms with E-state index in [0.29, 0.717) is 11.3 Å². The molecule has 0 aromatic heterocycles. The second-order valence-corrected chi connectivity index (χ2v) is 8.42. The van der Waals surface area contributed by atoms with Crippen LogP contribution in [0.15, 0.2) is 71.8 Å². The Balaban J connectivity index is 1.43. The number of amides is 2. The number of aromatic hydroxyl groups is 1. The van der Waals surface area contributed by atoms with Crippen molar-refractivity contribution < 1.29 is 19.4 Å². The van der Waals surface area contributed by atoms with Crippen LogP contribution in [-0.4, -0.2) is 35.3 Å². The fourth-order valence-corrected chi connectivity index (χ4v) is 5.66. The lowest BCUT2D eigenvalue weighted by Gasteiger charge is -2.45. The Bertz CT molecular complexity index is 1200. The fraction of sp³-hybridized carbons (Fsp3) is 0.192. The number of hydrazone groups is 1. The highest BCUT2D eigenvalue weighted by Crippen LogP contribution is 2.60. The minimum Gasteiger partial charge on any atom is -0.507 e. The Hall–Kier alpha value is -3.93. The number of carbonyl (C=O) groups is 2. The van der Waals surface area contributed by atoms with Gasteiger partial charge in [0, 0.05) is 17.4 Å². The van der Waals surface area contributed by atoms with Gasteiger partial charge in [-0.1, -0.05) is 48.5 Å². The van der Waals surface area contributed by atoms with Gasteiger partial charge in [-0.2, -0.15) is 10.1 Å². The van der Waals surface area contributed by atoms with Crippen LogP contribution in [0.5, 0.6) is 11.5 Å². The lowest BCUT2D eigenvalue weighted by molar-refractivity contribution is -0.139. The molecule has 1 aliphatic heterocycles. The van der Waals surface area contributed by atoms with E-state index in [1.165, 1.54) is 19.4 Å². The molecule has 1 heterocycles. The van der Waals surface area contributed by atoms with Gasteiger partial charge in [-0.3, -0.25) is 9.59 Å². The van der Waals surface area contributed by atoms with Crippen LogP contribution in [0.1, 0.15) is 39.7 Å². The number of phenolic OH excluding ortho intramolecular Hbond substituents is 1. The lowest BCUT2D eigenvalue weighted by atomic mass is 9.55. The maximum Gasteiger partial charge on any atom is 0.254 e. The summed E-state index contributed by atoms with van der Waals surface area (Å²) in [5, 5.41) is 15.4. The van der Waals surface area contributed by atoms with Crippen LogP contribution in [0.3, 0.4) is 0 Å². The SMILES string of the molecule is COc1ccc(O)c(/C=N\N2C(=O)[C@H]3C4c5ccccc5C(c5ccccc54)[C@@H]3C2=O)c1. The van der Waals surface area contributed by atoms with Crippen molar-refractivity contribution in [1.29, 1.82) is 0 Å². The molecule has 3 aromatic carbocycles. The van der Waals surface area contributed by atoms with Gasteiger partial charge in [-0.25, -0.2) is 0 Å². The molecule has 1 fully saturated rings. The summed E-state index contributed by atoms with van der Waals surface area (Å²) in [5.41, 5.74) is 4.85. The van der Waals surface area contributed by atoms with Crippen molar-refractivity contribution in [2.24, 2.45) is 16.9 Å². The van der Waals surface area contributed by atoms with Crippen LogP contribution in [0, 0.1) is 11.8 Å². The zero-order valence-electron chi connectivity index (χ0n) is 17.3. The Kier molecular flexibility index (Phi) is 3.99. The van der Waals surface area contributed by atoms with Crippen LogP contribution >= 0.6 is 0 Å². The normalized spacial score (nSPS) is 25.1. The van der Waals surface area contributed by atoms with Gasteiger partial charge in [0.05, 0.1) is 25.2 Å². The van der Waals surface area contributed by atoms with Gasteiger partial charge in [0.15, 0.2) is 0 Å². The van der Waals surface area contributed by atoms with Crippen molar-refractivity contribution in [3.8, 4) is 11.5 Å². The number of benzene rings is 3. The minimum absolute atomic E-state index is 0.00839. The fourth-order valence-electron chi connectivity index (χ4n) is 5.66. The molecule has 1 N–H and O–H groups in total. The summed E-state index contributed by atoms with van der Waals surface area (Å²) in [5.74, 6) is -1.34. The average Bonchev–Trinajstić information content (AvgIpc) is 3.08. The molecule has 4 aliphatic rings. The maximum absolute atomic E-state index is 13.5. The lowest BCUT2D eigenvalue weighted by Crippen LogP contribution is -2.41. The summed E-state index contributed by atoms with van der Waals surface area (Å²) in [6, 6.07) is 20.9. The van der Waals surface area contributed by atoms with E-state index in [1.807, 2.05) is 24.3 Å². The molecule has 3 aliphatic carbocycles. The minimum atomic E-state index is -0.478. The van der Waals surface area contributed by atoms with Gasteiger partial charge in [-0.15, -0.1) is 0 Å². The number of methoxy groups -OCH3 is 1. The summed E-state index contributed by atoms with van der Waals surface area (Å²) in [4.78, 5) is 27.0. The third-order valence-corrected chi connectivity index (χ3v) is 6.97. The Morgan fingerprint density at radius 3 is 1.81 bits per heavy atom. The number of imide groups is 1. The van der Waals surface area contributed by atoms with Gasteiger partial charge in [-0.05, 0) is 40.5 Å². The second-order valence-electron chi connectivity index (χ2n) is 8.42. The predicted molar refractivity (Wildman–Crippen MR) is 118 cm³/mol. The molecule has 6 nitrogen and oxygen atoms in total. The van der Waals surface area contributed by atoms with Crippen LogP contribution in [-0.2, 0) is 9.59 Å². The number of hydrogen-bond donors (Lipinski definition) is 1. The quantitative estimate of drug-likeness (QED) is 0.514. The first-order valence-electron chi connectivity index (χ1n) is 10.6. The van der Waals surface area contributed by atoms with E-state index in [2.05, 4.69) is 29.4 Å². The van der Waals surface area contributed by atoms with E-state index in [1.54, 1.807) is 12.1 Å². The van der Waals surface area contributed by atoms with Crippen LogP contribution < -0.4 is 4.74 Å². The molecule has 1 saturated heterocycles. The second kappa shape index (κ2) is 6.79. The highest BCUT2D eigenvalue weighted by Gasteiger charge is 2.61. The van der Waals surface area contributed by atoms with Crippen LogP contribution in [0.2, 0.25) is 0 Å². The number of nitrogens with zero attached hydrogens (tertiary/aromatic N) is 2. The predicted octanol–water partition coefficient (Wildman–Crippen LogP) is 3.63. The standard InChI is InChI=1S/C26H20N2O4/c1-32-15-10-11-20(29)14(12-15)13-27-28-25(30)23-21-16-6-2-3-7-17(16)22(24(23)26(28)31)19-9-5-4-8-18(19)21/h2-13,21-24,29H,1H3/b27-13-/t21?,22?,23-,24-/m0/s1. The first kappa shape index (κ1) is 18.8. The molecule has 32 heavy (non-hydrogen) atoms. The molecule has 0 radical (unpaired) electrons. The Morgan fingerprint density at radius 2 is 1.34 bits per heavy atom. The van der Waals surface area contributed by atoms with Crippen LogP contribution in [0.25, 0.3) is 0 Å². The van der Waals surface area contributed by atoms with Crippen LogP contribution in [0.4, 0.5) is 0 Å². The van der Waals surface area contributed by atoms with Crippen molar-refractivity contribution >= 4 is 18.0 Å². The van der Waals surface area contributed by atoms with Crippen molar-refractivity contribution in [1.82, 2.24) is 5.01 Å². The highest BCUT2D eigenvalue weighted by atomic mass is 16.5. The monoisotopic (exact) mass is 424 g/mol. The van der Waals surface area contributed by atoms with E-state index >= 15 is 0 Å². The molecule has 158 valence electrons. The summed E-state index contributed by atoms with van der Waals surface area (Å²) in [6.07, 6.45) is 1.34. The molecule has 6 heteroatoms. The van der Waals surface area contributed by atoms with E-state index < -0.39 is 11.8 Å². The van der Waals surface area contributed by atoms with Gasteiger partial charge >= 0.3 is 0 Å². The molecular formula is C26H20N2O4. The van der Waals surface area contributed by atoms with Crippen molar-refractivity contribution in [2.75, 3.05) is 7.11 Å². The third-order valence-electron chi connectivity index (χ3n) is 6.97. The summed E-state index contributed by atoms with van der Waals surface area (Å²) in [6.45, 7) is 0. The first-order chi connectivity index (χ1) is 15.6. The Morgan fingerprint density at radius 1 is 0.844 bits per heavy atom. The van der Waals surface area contributed by atoms with Gasteiger partial charge in [0.2, 0.25) is 0 Å². The summed E-state index contributed by atoms with van der Waals surface area (Å²) >= 11 is 0. The number of rotatable bonds is 3. The maximum atomic E-state index is 13.5. The van der Waals surface area contributed by atoms with Gasteiger partial charge < -0.3 is 9.84 Å². The number of phenols is 1. The summed E-state index contributed by atoms with van der Waals surface area (Å²) in [7, 11) is 1.52. The summed E-state index contributed by atoms with van der Waals surface area (Å²) < 4.78 is 5.19. The van der Waals surface area contributed by atoms with E-state index in [-0.39, 0.29) is 29.4 Å². The molecule has 2 amide bonds. The first-order valence-corrected chi connectivity index (χ1v) is 10.6. The van der Waals surface area contributed by atoms with E-state index in [4.69, 9.17) is 4.74 Å². The van der Waals surface area contributed by atoms with Crippen molar-refractivity contribution in [3.05, 3.63) is 94.5 Å². The molecule has 0 spiro atoms. The van der Waals surface area contributed by atoms with Gasteiger partial charge in [0.1, 0.15) is 11.5 Å². The molecule has 2 atom stereocenters. The average molecular weight is 424 g/mol. The molecule has 3 aromatic rings. The Labute approximate surface area is 184 Å². The van der Waals surface area contributed by atoms with Gasteiger partial charge in [0.25, 0.3) is 11.8 Å². The number of carbonyl (C=O) groups excluding carboxylic acids is 2. The van der Waals surface area contributed by atoms with Crippen molar-refractivity contribution in [3.63, 3.8) is 0 Å². The molecule has 0 saturated carbocycles. The molecule has 2 bridgehead atoms. The zero-order valence-corrected chi connectivity index (χ0v) is 17.3. The molecule has 0 unspecified atom stereocenters. The topological polar surface area (TPSA) is 79.2 Å². The molecule has 7 rings (SSSR count). The van der Waals surface area contributed by atoms with E-state index in [0.717, 1.165) is 27.3 Å². The number of hydrogen-bond acceptors (Lipinski definition) is 5. The third kappa shape index (κ3) is 2.43. The molecular weight excluding hydrogens is 404 g/mol. The highest BCUT2D eigenvalue weighted by molar-refractivity contribution is 6.08. The largest absolute Gasteiger partial charge is 0.507 e. The van der Waals surface area contributed by atoms with E-state index in [9.17, 15) is 14.7 Å². The number of ether oxygens (including phenoxy) is 1. The zero-order chi connectivity index (χ0) is 22.0. The van der Waals surface area contributed by atoms with Crippen molar-refractivity contribution in [2.45, 2.75) is 11.8 Å². The smallest absolute Gasteiger partial charge is 0.254 e.